The van der Waals surface area contributed by atoms with Crippen molar-refractivity contribution >= 4 is 32.7 Å². The van der Waals surface area contributed by atoms with E-state index in [4.69, 9.17) is 10.7 Å². The van der Waals surface area contributed by atoms with Gasteiger partial charge in [-0.05, 0) is 70.9 Å². The fourth-order valence-electron chi connectivity index (χ4n) is 5.20. The van der Waals surface area contributed by atoms with Crippen molar-refractivity contribution < 1.29 is 8.42 Å². The van der Waals surface area contributed by atoms with Crippen molar-refractivity contribution in [2.75, 3.05) is 11.1 Å². The first-order valence-corrected chi connectivity index (χ1v) is 15.7. The summed E-state index contributed by atoms with van der Waals surface area (Å²) in [5, 5.41) is 4.01. The summed E-state index contributed by atoms with van der Waals surface area (Å²) in [6, 6.07) is 16.0. The van der Waals surface area contributed by atoms with Crippen LogP contribution in [0.1, 0.15) is 57.2 Å². The Morgan fingerprint density at radius 3 is 2.39 bits per heavy atom. The molecule has 0 bridgehead atoms. The molecule has 5 rings (SSSR count). The van der Waals surface area contributed by atoms with E-state index in [-0.39, 0.29) is 16.4 Å². The van der Waals surface area contributed by atoms with Crippen LogP contribution in [0.15, 0.2) is 76.7 Å². The Morgan fingerprint density at radius 1 is 0.977 bits per heavy atom. The van der Waals surface area contributed by atoms with Crippen LogP contribution in [-0.2, 0) is 10.0 Å². The molecule has 3 heterocycles. The van der Waals surface area contributed by atoms with Crippen LogP contribution in [0.3, 0.4) is 0 Å². The number of aromatic nitrogens is 5. The van der Waals surface area contributed by atoms with Gasteiger partial charge in [0.1, 0.15) is 16.5 Å². The molecule has 44 heavy (non-hydrogen) atoms. The van der Waals surface area contributed by atoms with Gasteiger partial charge in [-0.15, -0.1) is 0 Å². The Labute approximate surface area is 256 Å². The molecule has 3 aromatic heterocycles. The van der Waals surface area contributed by atoms with Gasteiger partial charge in [0.05, 0.1) is 28.3 Å². The Kier molecular flexibility index (Phi) is 8.23. The average molecular weight is 613 g/mol. The van der Waals surface area contributed by atoms with Gasteiger partial charge in [0.15, 0.2) is 0 Å². The highest BCUT2D eigenvalue weighted by Crippen LogP contribution is 2.34. The number of nitrogen functional groups attached to an aromatic ring is 1. The minimum absolute atomic E-state index is 0.00335. The van der Waals surface area contributed by atoms with Crippen LogP contribution in [0.2, 0.25) is 0 Å². The number of nitrogens with zero attached hydrogens (tertiary/aromatic N) is 5. The Morgan fingerprint density at radius 2 is 1.70 bits per heavy atom. The van der Waals surface area contributed by atoms with Crippen molar-refractivity contribution in [2.45, 2.75) is 64.4 Å². The fraction of sp³-hybridized carbons (Fsp3) is 0.281. The van der Waals surface area contributed by atoms with E-state index in [1.807, 2.05) is 62.4 Å². The lowest BCUT2D eigenvalue weighted by molar-refractivity contribution is 0.491. The first kappa shape index (κ1) is 30.8. The highest BCUT2D eigenvalue weighted by molar-refractivity contribution is 7.89. The van der Waals surface area contributed by atoms with Crippen molar-refractivity contribution in [3.8, 4) is 16.8 Å². The first-order chi connectivity index (χ1) is 20.8. The number of benzene rings is 2. The number of sulfonamides is 1. The standard InChI is InChI=1S/C32H36N8O3S/c1-7-24(29-37-25-15-11-12-19(2)26(25)30(41)40(29)22-13-9-8-10-14-22)36-28-27(20(3)35-31(33)38-28)21-16-23(18-34-17-21)44(42,43)39-32(4,5)6/h8-18,24,39H,7H2,1-6H3,(H3,33,35,36,38). The number of fused-ring (bicyclic) bond motifs is 1. The number of pyridine rings is 1. The maximum atomic E-state index is 14.0. The topological polar surface area (TPSA) is 158 Å². The second-order valence-electron chi connectivity index (χ2n) is 11.7. The molecule has 1 unspecified atom stereocenters. The van der Waals surface area contributed by atoms with Crippen molar-refractivity contribution in [3.05, 3.63) is 94.4 Å². The van der Waals surface area contributed by atoms with E-state index in [1.165, 1.54) is 12.3 Å². The third-order valence-corrected chi connectivity index (χ3v) is 8.76. The van der Waals surface area contributed by atoms with Crippen molar-refractivity contribution in [1.29, 1.82) is 0 Å². The van der Waals surface area contributed by atoms with Gasteiger partial charge in [-0.1, -0.05) is 37.3 Å². The van der Waals surface area contributed by atoms with E-state index >= 15 is 0 Å². The number of nitrogens with one attached hydrogen (secondary N) is 2. The van der Waals surface area contributed by atoms with Gasteiger partial charge in [-0.3, -0.25) is 14.3 Å². The molecule has 0 saturated carbocycles. The maximum absolute atomic E-state index is 14.0. The first-order valence-electron chi connectivity index (χ1n) is 14.3. The van der Waals surface area contributed by atoms with Crippen molar-refractivity contribution in [3.63, 3.8) is 0 Å². The lowest BCUT2D eigenvalue weighted by Gasteiger charge is -2.24. The summed E-state index contributed by atoms with van der Waals surface area (Å²) in [7, 11) is -3.86. The molecule has 0 fully saturated rings. The summed E-state index contributed by atoms with van der Waals surface area (Å²) < 4.78 is 30.6. The largest absolute Gasteiger partial charge is 0.368 e. The number of nitrogens with two attached hydrogens (primary N) is 1. The molecular weight excluding hydrogens is 576 g/mol. The molecule has 0 radical (unpaired) electrons. The monoisotopic (exact) mass is 612 g/mol. The van der Waals surface area contributed by atoms with Crippen LogP contribution in [0, 0.1) is 13.8 Å². The molecular formula is C32H36N8O3S. The van der Waals surface area contributed by atoms with Gasteiger partial charge in [-0.25, -0.2) is 23.1 Å². The Hall–Kier alpha value is -4.68. The zero-order chi connectivity index (χ0) is 31.8. The van der Waals surface area contributed by atoms with E-state index in [9.17, 15) is 13.2 Å². The van der Waals surface area contributed by atoms with E-state index in [0.29, 0.717) is 51.5 Å². The van der Waals surface area contributed by atoms with Gasteiger partial charge >= 0.3 is 0 Å². The second-order valence-corrected chi connectivity index (χ2v) is 13.4. The molecule has 11 nitrogen and oxygen atoms in total. The Balaban J connectivity index is 1.68. The zero-order valence-electron chi connectivity index (χ0n) is 25.6. The van der Waals surface area contributed by atoms with E-state index in [0.717, 1.165) is 5.56 Å². The lowest BCUT2D eigenvalue weighted by atomic mass is 10.1. The molecule has 4 N–H and O–H groups in total. The van der Waals surface area contributed by atoms with Crippen LogP contribution >= 0.6 is 0 Å². The molecule has 0 aliphatic carbocycles. The zero-order valence-corrected chi connectivity index (χ0v) is 26.4. The van der Waals surface area contributed by atoms with Crippen LogP contribution in [0.4, 0.5) is 11.8 Å². The smallest absolute Gasteiger partial charge is 0.266 e. The molecule has 5 aromatic rings. The highest BCUT2D eigenvalue weighted by Gasteiger charge is 2.26. The lowest BCUT2D eigenvalue weighted by Crippen LogP contribution is -2.40. The maximum Gasteiger partial charge on any atom is 0.266 e. The van der Waals surface area contributed by atoms with Gasteiger partial charge < -0.3 is 11.1 Å². The van der Waals surface area contributed by atoms with Crippen molar-refractivity contribution in [2.24, 2.45) is 0 Å². The Bertz CT molecular complexity index is 2020. The predicted octanol–water partition coefficient (Wildman–Crippen LogP) is 5.08. The number of aryl methyl sites for hydroxylation is 2. The summed E-state index contributed by atoms with van der Waals surface area (Å²) in [4.78, 5) is 32.2. The number of para-hydroxylation sites is 1. The summed E-state index contributed by atoms with van der Waals surface area (Å²) in [5.74, 6) is 0.892. The molecule has 0 aliphatic heterocycles. The molecule has 0 aliphatic rings. The third-order valence-electron chi connectivity index (χ3n) is 7.04. The van der Waals surface area contributed by atoms with Gasteiger partial charge in [-0.2, -0.15) is 4.98 Å². The molecule has 0 saturated heterocycles. The van der Waals surface area contributed by atoms with Gasteiger partial charge in [0.2, 0.25) is 16.0 Å². The molecule has 228 valence electrons. The van der Waals surface area contributed by atoms with Crippen LogP contribution in [-0.4, -0.2) is 38.5 Å². The SMILES string of the molecule is CCC(Nc1nc(N)nc(C)c1-c1cncc(S(=O)(=O)NC(C)(C)C)c1)c1nc2cccc(C)c2c(=O)n1-c1ccccc1. The highest BCUT2D eigenvalue weighted by atomic mass is 32.2. The van der Waals surface area contributed by atoms with Crippen molar-refractivity contribution in [1.82, 2.24) is 29.2 Å². The molecule has 0 spiro atoms. The van der Waals surface area contributed by atoms with E-state index in [1.54, 1.807) is 38.5 Å². The second kappa shape index (κ2) is 11.8. The number of rotatable bonds is 8. The van der Waals surface area contributed by atoms with Crippen LogP contribution < -0.4 is 21.3 Å². The van der Waals surface area contributed by atoms with E-state index in [2.05, 4.69) is 25.0 Å². The van der Waals surface area contributed by atoms with Gasteiger partial charge in [0.25, 0.3) is 5.56 Å². The average Bonchev–Trinajstić information content (AvgIpc) is 2.95. The van der Waals surface area contributed by atoms with Crippen LogP contribution in [0.25, 0.3) is 27.7 Å². The fourth-order valence-corrected chi connectivity index (χ4v) is 6.60. The van der Waals surface area contributed by atoms with Crippen LogP contribution in [0.5, 0.6) is 0 Å². The number of hydrogen-bond donors (Lipinski definition) is 3. The molecule has 12 heteroatoms. The minimum Gasteiger partial charge on any atom is -0.368 e. The summed E-state index contributed by atoms with van der Waals surface area (Å²) >= 11 is 0. The minimum atomic E-state index is -3.86. The number of anilines is 2. The molecule has 2 aromatic carbocycles. The quantitative estimate of drug-likeness (QED) is 0.217. The summed E-state index contributed by atoms with van der Waals surface area (Å²) in [6.07, 6.45) is 3.38. The normalized spacial score (nSPS) is 12.8. The summed E-state index contributed by atoms with van der Waals surface area (Å²) in [5.41, 5.74) is 8.89. The molecule has 1 atom stereocenters. The third kappa shape index (κ3) is 6.17. The number of hydrogen-bond acceptors (Lipinski definition) is 9. The summed E-state index contributed by atoms with van der Waals surface area (Å²) in [6.45, 7) is 10.9. The van der Waals surface area contributed by atoms with Gasteiger partial charge in [0, 0.05) is 29.1 Å². The molecule has 0 amide bonds. The van der Waals surface area contributed by atoms with E-state index < -0.39 is 21.6 Å². The predicted molar refractivity (Wildman–Crippen MR) is 173 cm³/mol.